The fourth-order valence-electron chi connectivity index (χ4n) is 9.20. The first-order valence-corrected chi connectivity index (χ1v) is 23.5. The molecule has 0 spiro atoms. The molecule has 0 fully saturated rings. The normalized spacial score (nSPS) is 13.3. The maximum absolute atomic E-state index is 6.73. The standard InChI is InChI=1S/C52H38N2O2Se2/c1-29(2)35-21-31(53-41-15-7-9-17-45(41)55-47-25-39-33-13-5-11-19-49(33)57-51(39)27-43(47)53)24-38-36(30(3)4)22-32(23-37(35)38)54-42-16-8-10-18-46(42)56-48-26-40-34-14-6-12-20-50(34)58-52(40)28-44(48)54/h5-30H,1-4H3. The molecule has 0 unspecified atom stereocenters. The SMILES string of the molecule is CC(C)c1cc(N2c3ccccc3Oc3cc4c(cc32)[se]c2ccccc24)cc2c(C(C)C)cc(N3c4ccccc4Oc4cc5c(cc43)[se]c3ccccc35)cc12. The van der Waals surface area contributed by atoms with E-state index >= 15 is 0 Å². The molecular formula is C52H38N2O2Se2. The first kappa shape index (κ1) is 34.3. The van der Waals surface area contributed by atoms with Crippen molar-refractivity contribution in [1.82, 2.24) is 0 Å². The van der Waals surface area contributed by atoms with Crippen molar-refractivity contribution in [3.05, 3.63) is 157 Å². The molecule has 4 nitrogen and oxygen atoms in total. The molecule has 280 valence electrons. The first-order valence-electron chi connectivity index (χ1n) is 20.0. The van der Waals surface area contributed by atoms with E-state index in [1.807, 2.05) is 0 Å². The van der Waals surface area contributed by atoms with Gasteiger partial charge in [-0.15, -0.1) is 0 Å². The summed E-state index contributed by atoms with van der Waals surface area (Å²) in [5, 5.41) is 7.84. The number of para-hydroxylation sites is 4. The van der Waals surface area contributed by atoms with E-state index in [1.165, 1.54) is 60.5 Å². The second-order valence-electron chi connectivity index (χ2n) is 16.1. The third kappa shape index (κ3) is 5.12. The minimum absolute atomic E-state index is 0.235. The number of rotatable bonds is 4. The van der Waals surface area contributed by atoms with Gasteiger partial charge in [0, 0.05) is 0 Å². The van der Waals surface area contributed by atoms with E-state index in [-0.39, 0.29) is 40.8 Å². The van der Waals surface area contributed by atoms with Crippen LogP contribution in [0, 0.1) is 0 Å². The van der Waals surface area contributed by atoms with Gasteiger partial charge in [0.2, 0.25) is 0 Å². The summed E-state index contributed by atoms with van der Waals surface area (Å²) in [7, 11) is 0. The molecule has 8 aromatic carbocycles. The molecule has 2 aliphatic rings. The number of benzene rings is 8. The van der Waals surface area contributed by atoms with Gasteiger partial charge in [0.1, 0.15) is 0 Å². The molecule has 2 aliphatic heterocycles. The minimum atomic E-state index is 0.235. The Morgan fingerprint density at radius 2 is 0.776 bits per heavy atom. The van der Waals surface area contributed by atoms with E-state index in [0.29, 0.717) is 0 Å². The van der Waals surface area contributed by atoms with Crippen LogP contribution in [0.2, 0.25) is 0 Å². The second kappa shape index (κ2) is 12.9. The van der Waals surface area contributed by atoms with Gasteiger partial charge < -0.3 is 0 Å². The molecule has 2 aromatic heterocycles. The van der Waals surface area contributed by atoms with Crippen LogP contribution in [-0.2, 0) is 0 Å². The van der Waals surface area contributed by atoms with Crippen LogP contribution in [-0.4, -0.2) is 29.0 Å². The van der Waals surface area contributed by atoms with Crippen LogP contribution >= 0.6 is 0 Å². The van der Waals surface area contributed by atoms with Crippen molar-refractivity contribution in [3.63, 3.8) is 0 Å². The van der Waals surface area contributed by atoms with Crippen molar-refractivity contribution in [2.24, 2.45) is 0 Å². The van der Waals surface area contributed by atoms with Crippen LogP contribution in [0.1, 0.15) is 50.7 Å². The Hall–Kier alpha value is -5.74. The van der Waals surface area contributed by atoms with Gasteiger partial charge in [-0.2, -0.15) is 0 Å². The van der Waals surface area contributed by atoms with Gasteiger partial charge in [-0.3, -0.25) is 0 Å². The summed E-state index contributed by atoms with van der Waals surface area (Å²) in [6.07, 6.45) is 0. The number of hydrogen-bond acceptors (Lipinski definition) is 4. The Kier molecular flexibility index (Phi) is 7.62. The van der Waals surface area contributed by atoms with E-state index < -0.39 is 0 Å². The zero-order valence-electron chi connectivity index (χ0n) is 32.5. The summed E-state index contributed by atoms with van der Waals surface area (Å²) >= 11 is 0.470. The zero-order chi connectivity index (χ0) is 38.8. The summed E-state index contributed by atoms with van der Waals surface area (Å²) in [6.45, 7) is 9.32. The summed E-state index contributed by atoms with van der Waals surface area (Å²) in [4.78, 5) is 4.90. The quantitative estimate of drug-likeness (QED) is 0.164. The van der Waals surface area contributed by atoms with Crippen LogP contribution in [0.4, 0.5) is 34.1 Å². The summed E-state index contributed by atoms with van der Waals surface area (Å²) in [5.41, 5.74) is 9.29. The van der Waals surface area contributed by atoms with E-state index in [1.54, 1.807) is 0 Å². The van der Waals surface area contributed by atoms with Gasteiger partial charge in [-0.25, -0.2) is 0 Å². The fraction of sp³-hybridized carbons (Fsp3) is 0.115. The van der Waals surface area contributed by atoms with Gasteiger partial charge in [-0.05, 0) is 0 Å². The predicted molar refractivity (Wildman–Crippen MR) is 246 cm³/mol. The van der Waals surface area contributed by atoms with E-state index in [9.17, 15) is 0 Å². The third-order valence-electron chi connectivity index (χ3n) is 11.9. The molecule has 0 atom stereocenters. The van der Waals surface area contributed by atoms with Crippen LogP contribution in [0.3, 0.4) is 0 Å². The average Bonchev–Trinajstić information content (AvgIpc) is 3.79. The summed E-state index contributed by atoms with van der Waals surface area (Å²) in [6, 6.07) is 53.8. The van der Waals surface area contributed by atoms with Crippen molar-refractivity contribution in [2.75, 3.05) is 9.80 Å². The number of fused-ring (bicyclic) bond motifs is 11. The molecule has 0 radical (unpaired) electrons. The average molecular weight is 881 g/mol. The molecule has 0 saturated carbocycles. The van der Waals surface area contributed by atoms with Crippen molar-refractivity contribution in [2.45, 2.75) is 39.5 Å². The number of anilines is 6. The van der Waals surface area contributed by atoms with Crippen molar-refractivity contribution in [3.8, 4) is 23.0 Å². The monoisotopic (exact) mass is 882 g/mol. The molecule has 58 heavy (non-hydrogen) atoms. The number of hydrogen-bond donors (Lipinski definition) is 0. The van der Waals surface area contributed by atoms with Crippen LogP contribution in [0.25, 0.3) is 49.4 Å². The predicted octanol–water partition coefficient (Wildman–Crippen LogP) is 15.0. The molecule has 12 rings (SSSR count). The molecule has 0 saturated heterocycles. The Labute approximate surface area is 349 Å². The Balaban J connectivity index is 1.09. The molecule has 10 aromatic rings. The van der Waals surface area contributed by atoms with Gasteiger partial charge in [0.05, 0.1) is 0 Å². The topological polar surface area (TPSA) is 24.9 Å². The van der Waals surface area contributed by atoms with E-state index in [2.05, 4.69) is 183 Å². The van der Waals surface area contributed by atoms with Crippen LogP contribution < -0.4 is 19.3 Å². The van der Waals surface area contributed by atoms with Gasteiger partial charge in [0.15, 0.2) is 0 Å². The van der Waals surface area contributed by atoms with Gasteiger partial charge in [-0.1, -0.05) is 0 Å². The van der Waals surface area contributed by atoms with Crippen molar-refractivity contribution in [1.29, 1.82) is 0 Å². The van der Waals surface area contributed by atoms with Crippen molar-refractivity contribution < 1.29 is 9.47 Å². The molecule has 4 heterocycles. The fourth-order valence-corrected chi connectivity index (χ4v) is 13.9. The van der Waals surface area contributed by atoms with E-state index in [0.717, 1.165) is 57.1 Å². The zero-order valence-corrected chi connectivity index (χ0v) is 36.0. The molecule has 6 heteroatoms. The van der Waals surface area contributed by atoms with Gasteiger partial charge >= 0.3 is 351 Å². The molecule has 0 amide bonds. The molecule has 0 aliphatic carbocycles. The van der Waals surface area contributed by atoms with Crippen LogP contribution in [0.15, 0.2) is 146 Å². The Bertz CT molecular complexity index is 3120. The van der Waals surface area contributed by atoms with Crippen LogP contribution in [0.5, 0.6) is 23.0 Å². The number of ether oxygens (including phenoxy) is 2. The second-order valence-corrected chi connectivity index (χ2v) is 20.7. The van der Waals surface area contributed by atoms with Gasteiger partial charge in [0.25, 0.3) is 0 Å². The van der Waals surface area contributed by atoms with Crippen molar-refractivity contribution >= 4 is 112 Å². The maximum atomic E-state index is 6.73. The first-order chi connectivity index (χ1) is 28.4. The third-order valence-corrected chi connectivity index (χ3v) is 16.7. The summed E-state index contributed by atoms with van der Waals surface area (Å²) < 4.78 is 19.1. The molecular weight excluding hydrogens is 843 g/mol. The Morgan fingerprint density at radius 3 is 1.22 bits per heavy atom. The summed E-state index contributed by atoms with van der Waals surface area (Å²) in [5.74, 6) is 4.10. The molecule has 0 N–H and O–H groups in total. The van der Waals surface area contributed by atoms with E-state index in [4.69, 9.17) is 9.47 Å². The number of nitrogens with zero attached hydrogens (tertiary/aromatic N) is 2. The Morgan fingerprint density at radius 1 is 0.362 bits per heavy atom. The molecule has 0 bridgehead atoms.